The maximum Gasteiger partial charge on any atom is 0.244 e. The molecule has 0 heterocycles. The van der Waals surface area contributed by atoms with Crippen molar-refractivity contribution in [2.45, 2.75) is 33.4 Å². The van der Waals surface area contributed by atoms with Crippen molar-refractivity contribution in [3.63, 3.8) is 0 Å². The quantitative estimate of drug-likeness (QED) is 0.586. The van der Waals surface area contributed by atoms with Gasteiger partial charge in [-0.3, -0.25) is 13.9 Å². The Hall–Kier alpha value is -3.07. The first-order valence-corrected chi connectivity index (χ1v) is 12.2. The van der Waals surface area contributed by atoms with Crippen LogP contribution in [0.15, 0.2) is 48.5 Å². The largest absolute Gasteiger partial charge is 0.497 e. The molecular weight excluding hydrogens is 430 g/mol. The average Bonchev–Trinajstić information content (AvgIpc) is 2.75. The van der Waals surface area contributed by atoms with Crippen molar-refractivity contribution in [1.82, 2.24) is 10.2 Å². The van der Waals surface area contributed by atoms with Crippen LogP contribution in [0.3, 0.4) is 0 Å². The molecule has 2 amide bonds. The van der Waals surface area contributed by atoms with E-state index in [1.165, 1.54) is 12.0 Å². The Labute approximate surface area is 190 Å². The van der Waals surface area contributed by atoms with Gasteiger partial charge in [-0.05, 0) is 44.0 Å². The molecule has 2 aromatic carbocycles. The first-order chi connectivity index (χ1) is 15.1. The number of carbonyl (C=O) groups is 2. The van der Waals surface area contributed by atoms with Crippen LogP contribution in [0.25, 0.3) is 0 Å². The summed E-state index contributed by atoms with van der Waals surface area (Å²) in [4.78, 5) is 27.4. The molecule has 32 heavy (non-hydrogen) atoms. The molecule has 1 atom stereocenters. The molecule has 9 heteroatoms. The second kappa shape index (κ2) is 11.0. The van der Waals surface area contributed by atoms with Gasteiger partial charge in [0, 0.05) is 19.2 Å². The molecule has 8 nitrogen and oxygen atoms in total. The molecular formula is C23H31N3O5S. The normalized spacial score (nSPS) is 12.0. The lowest BCUT2D eigenvalue weighted by Gasteiger charge is -2.31. The lowest BCUT2D eigenvalue weighted by Crippen LogP contribution is -2.51. The highest BCUT2D eigenvalue weighted by molar-refractivity contribution is 7.92. The Balaban J connectivity index is 2.41. The molecule has 0 aliphatic carbocycles. The first-order valence-electron chi connectivity index (χ1n) is 10.3. The minimum Gasteiger partial charge on any atom is -0.497 e. The molecule has 2 rings (SSSR count). The van der Waals surface area contributed by atoms with Crippen LogP contribution >= 0.6 is 0 Å². The van der Waals surface area contributed by atoms with Crippen molar-refractivity contribution in [3.05, 3.63) is 59.7 Å². The monoisotopic (exact) mass is 461 g/mol. The highest BCUT2D eigenvalue weighted by atomic mass is 32.2. The number of methoxy groups -OCH3 is 1. The van der Waals surface area contributed by atoms with E-state index in [1.54, 1.807) is 38.1 Å². The highest BCUT2D eigenvalue weighted by Gasteiger charge is 2.30. The summed E-state index contributed by atoms with van der Waals surface area (Å²) in [6, 6.07) is 13.3. The molecule has 2 aromatic rings. The summed E-state index contributed by atoms with van der Waals surface area (Å²) in [6.07, 6.45) is 1.04. The smallest absolute Gasteiger partial charge is 0.244 e. The van der Waals surface area contributed by atoms with Crippen LogP contribution in [-0.4, -0.2) is 57.6 Å². The van der Waals surface area contributed by atoms with E-state index < -0.39 is 28.5 Å². The van der Waals surface area contributed by atoms with E-state index in [4.69, 9.17) is 4.74 Å². The van der Waals surface area contributed by atoms with Gasteiger partial charge < -0.3 is 15.0 Å². The minimum atomic E-state index is -3.78. The maximum atomic E-state index is 13.4. The van der Waals surface area contributed by atoms with Gasteiger partial charge in [-0.15, -0.1) is 0 Å². The van der Waals surface area contributed by atoms with E-state index in [-0.39, 0.29) is 12.5 Å². The first kappa shape index (κ1) is 25.2. The fourth-order valence-corrected chi connectivity index (χ4v) is 4.10. The van der Waals surface area contributed by atoms with Crippen LogP contribution in [0.5, 0.6) is 5.75 Å². The minimum absolute atomic E-state index is 0.180. The number of ether oxygens (including phenoxy) is 1. The van der Waals surface area contributed by atoms with Crippen molar-refractivity contribution in [2.24, 2.45) is 0 Å². The van der Waals surface area contributed by atoms with E-state index >= 15 is 0 Å². The Morgan fingerprint density at radius 3 is 2.41 bits per heavy atom. The lowest BCUT2D eigenvalue weighted by atomic mass is 10.1. The van der Waals surface area contributed by atoms with Gasteiger partial charge in [-0.2, -0.15) is 0 Å². The Morgan fingerprint density at radius 1 is 1.12 bits per heavy atom. The number of likely N-dealkylation sites (N-methyl/N-ethyl adjacent to an activating group) is 1. The zero-order valence-corrected chi connectivity index (χ0v) is 20.0. The summed E-state index contributed by atoms with van der Waals surface area (Å²) < 4.78 is 31.3. The molecule has 0 radical (unpaired) electrons. The van der Waals surface area contributed by atoms with Crippen molar-refractivity contribution < 1.29 is 22.7 Å². The van der Waals surface area contributed by atoms with E-state index in [2.05, 4.69) is 5.32 Å². The summed E-state index contributed by atoms with van der Waals surface area (Å²) >= 11 is 0. The Kier molecular flexibility index (Phi) is 8.65. The number of nitrogens with one attached hydrogen (secondary N) is 1. The zero-order valence-electron chi connectivity index (χ0n) is 19.2. The number of aryl methyl sites for hydroxylation is 1. The number of hydrogen-bond donors (Lipinski definition) is 1. The summed E-state index contributed by atoms with van der Waals surface area (Å²) in [7, 11) is -2.30. The third-order valence-corrected chi connectivity index (χ3v) is 6.28. The van der Waals surface area contributed by atoms with Crippen LogP contribution in [0.4, 0.5) is 5.69 Å². The summed E-state index contributed by atoms with van der Waals surface area (Å²) in [6.45, 7) is 5.52. The molecule has 0 saturated carbocycles. The standard InChI is InChI=1S/C23H31N3O5S/c1-6-24-23(28)18(3)25(15-19-11-8-7-10-17(19)2)22(27)16-26(32(5,29)30)20-12-9-13-21(14-20)31-4/h7-14,18H,6,15-16H2,1-5H3,(H,24,28). The summed E-state index contributed by atoms with van der Waals surface area (Å²) in [5.74, 6) is -0.321. The molecule has 0 saturated heterocycles. The van der Waals surface area contributed by atoms with Crippen LogP contribution in [0.1, 0.15) is 25.0 Å². The molecule has 0 bridgehead atoms. The zero-order chi connectivity index (χ0) is 23.9. The molecule has 0 fully saturated rings. The predicted octanol–water partition coefficient (Wildman–Crippen LogP) is 2.32. The highest BCUT2D eigenvalue weighted by Crippen LogP contribution is 2.24. The van der Waals surface area contributed by atoms with Gasteiger partial charge in [0.1, 0.15) is 18.3 Å². The topological polar surface area (TPSA) is 96.0 Å². The van der Waals surface area contributed by atoms with E-state index in [0.29, 0.717) is 18.0 Å². The molecule has 1 N–H and O–H groups in total. The van der Waals surface area contributed by atoms with Gasteiger partial charge in [0.25, 0.3) is 0 Å². The average molecular weight is 462 g/mol. The van der Waals surface area contributed by atoms with Gasteiger partial charge in [0.15, 0.2) is 0 Å². The summed E-state index contributed by atoms with van der Waals surface area (Å²) in [5.41, 5.74) is 2.16. The third-order valence-electron chi connectivity index (χ3n) is 5.14. The summed E-state index contributed by atoms with van der Waals surface area (Å²) in [5, 5.41) is 2.73. The number of anilines is 1. The number of nitrogens with zero attached hydrogens (tertiary/aromatic N) is 2. The van der Waals surface area contributed by atoms with Crippen molar-refractivity contribution in [1.29, 1.82) is 0 Å². The molecule has 0 aliphatic heterocycles. The molecule has 0 spiro atoms. The second-order valence-electron chi connectivity index (χ2n) is 7.49. The van der Waals surface area contributed by atoms with Crippen molar-refractivity contribution in [3.8, 4) is 5.75 Å². The maximum absolute atomic E-state index is 13.4. The fraction of sp³-hybridized carbons (Fsp3) is 0.391. The van der Waals surface area contributed by atoms with Gasteiger partial charge in [0.05, 0.1) is 19.1 Å². The second-order valence-corrected chi connectivity index (χ2v) is 9.40. The number of carbonyl (C=O) groups excluding carboxylic acids is 2. The Bertz CT molecular complexity index is 1060. The number of benzene rings is 2. The predicted molar refractivity (Wildman–Crippen MR) is 125 cm³/mol. The van der Waals surface area contributed by atoms with Gasteiger partial charge >= 0.3 is 0 Å². The van der Waals surface area contributed by atoms with E-state index in [9.17, 15) is 18.0 Å². The number of rotatable bonds is 10. The van der Waals surface area contributed by atoms with Crippen LogP contribution < -0.4 is 14.4 Å². The molecule has 0 aliphatic rings. The van der Waals surface area contributed by atoms with Crippen LogP contribution in [0, 0.1) is 6.92 Å². The van der Waals surface area contributed by atoms with Crippen LogP contribution in [0.2, 0.25) is 0 Å². The molecule has 1 unspecified atom stereocenters. The SMILES string of the molecule is CCNC(=O)C(C)N(Cc1ccccc1C)C(=O)CN(c1cccc(OC)c1)S(C)(=O)=O. The van der Waals surface area contributed by atoms with E-state index in [1.807, 2.05) is 31.2 Å². The lowest BCUT2D eigenvalue weighted by molar-refractivity contribution is -0.139. The Morgan fingerprint density at radius 2 is 1.81 bits per heavy atom. The van der Waals surface area contributed by atoms with Crippen molar-refractivity contribution >= 4 is 27.5 Å². The fourth-order valence-electron chi connectivity index (χ4n) is 3.25. The molecule has 174 valence electrons. The van der Waals surface area contributed by atoms with E-state index in [0.717, 1.165) is 21.7 Å². The number of amides is 2. The van der Waals surface area contributed by atoms with Gasteiger partial charge in [0.2, 0.25) is 21.8 Å². The van der Waals surface area contributed by atoms with Gasteiger partial charge in [-0.25, -0.2) is 8.42 Å². The van der Waals surface area contributed by atoms with Gasteiger partial charge in [-0.1, -0.05) is 30.3 Å². The molecule has 0 aromatic heterocycles. The van der Waals surface area contributed by atoms with Crippen LogP contribution in [-0.2, 0) is 26.2 Å². The number of sulfonamides is 1. The van der Waals surface area contributed by atoms with Crippen molar-refractivity contribution in [2.75, 3.05) is 30.8 Å². The third kappa shape index (κ3) is 6.46. The number of hydrogen-bond acceptors (Lipinski definition) is 5.